The molecule has 2 aromatic carbocycles. The van der Waals surface area contributed by atoms with E-state index in [1.54, 1.807) is 19.1 Å². The van der Waals surface area contributed by atoms with Gasteiger partial charge in [0.15, 0.2) is 0 Å². The van der Waals surface area contributed by atoms with E-state index >= 15 is 4.39 Å². The summed E-state index contributed by atoms with van der Waals surface area (Å²) in [5, 5.41) is 9.91. The second-order valence-electron chi connectivity index (χ2n) is 6.57. The molecule has 0 saturated carbocycles. The lowest BCUT2D eigenvalue weighted by atomic mass is 9.96. The van der Waals surface area contributed by atoms with E-state index in [-0.39, 0.29) is 5.82 Å². The monoisotopic (exact) mass is 316 g/mol. The van der Waals surface area contributed by atoms with Crippen LogP contribution in [-0.4, -0.2) is 19.1 Å². The third-order valence-corrected chi connectivity index (χ3v) is 5.85. The standard InChI is InChI=1S/C18H21FO2Si/c1-12(18(20)21)14-10-11-15(13-8-6-5-7-9-13)16(19)17(14)22(2,3)4/h5-12H,1-4H3,(H,20,21). The number of hydrogen-bond acceptors (Lipinski definition) is 1. The molecule has 0 heterocycles. The van der Waals surface area contributed by atoms with E-state index in [0.717, 1.165) is 5.56 Å². The van der Waals surface area contributed by atoms with Crippen molar-refractivity contribution in [1.29, 1.82) is 0 Å². The maximum atomic E-state index is 15.2. The highest BCUT2D eigenvalue weighted by Crippen LogP contribution is 2.27. The molecule has 0 amide bonds. The Morgan fingerprint density at radius 3 is 2.18 bits per heavy atom. The average molecular weight is 316 g/mol. The first-order valence-corrected chi connectivity index (χ1v) is 10.8. The van der Waals surface area contributed by atoms with Crippen LogP contribution in [0.1, 0.15) is 18.4 Å². The predicted octanol–water partition coefficient (Wildman–Crippen LogP) is 4.23. The molecule has 2 rings (SSSR count). The quantitative estimate of drug-likeness (QED) is 0.857. The predicted molar refractivity (Wildman–Crippen MR) is 90.9 cm³/mol. The summed E-state index contributed by atoms with van der Waals surface area (Å²) in [6.45, 7) is 7.73. The summed E-state index contributed by atoms with van der Waals surface area (Å²) in [5.74, 6) is -1.90. The molecule has 116 valence electrons. The third kappa shape index (κ3) is 3.12. The Kier molecular flexibility index (Phi) is 4.51. The number of hydrogen-bond donors (Lipinski definition) is 1. The molecule has 1 unspecified atom stereocenters. The maximum Gasteiger partial charge on any atom is 0.310 e. The summed E-state index contributed by atoms with van der Waals surface area (Å²) >= 11 is 0. The fourth-order valence-electron chi connectivity index (χ4n) is 2.69. The summed E-state index contributed by atoms with van der Waals surface area (Å²) in [6, 6.07) is 12.8. The van der Waals surface area contributed by atoms with E-state index in [1.165, 1.54) is 0 Å². The zero-order valence-electron chi connectivity index (χ0n) is 13.4. The van der Waals surface area contributed by atoms with Crippen LogP contribution in [0.3, 0.4) is 0 Å². The smallest absolute Gasteiger partial charge is 0.310 e. The Morgan fingerprint density at radius 1 is 1.09 bits per heavy atom. The molecule has 0 radical (unpaired) electrons. The molecule has 2 nitrogen and oxygen atoms in total. The molecule has 0 aliphatic rings. The molecule has 0 saturated heterocycles. The topological polar surface area (TPSA) is 37.3 Å². The minimum Gasteiger partial charge on any atom is -0.481 e. The van der Waals surface area contributed by atoms with Gasteiger partial charge in [-0.05, 0) is 23.2 Å². The molecular formula is C18H21FO2Si. The van der Waals surface area contributed by atoms with Crippen molar-refractivity contribution in [1.82, 2.24) is 0 Å². The number of halogens is 1. The van der Waals surface area contributed by atoms with Gasteiger partial charge >= 0.3 is 5.97 Å². The highest BCUT2D eigenvalue weighted by molar-refractivity contribution is 6.89. The summed E-state index contributed by atoms with van der Waals surface area (Å²) < 4.78 is 15.2. The Labute approximate surface area is 131 Å². The van der Waals surface area contributed by atoms with Crippen molar-refractivity contribution in [3.8, 4) is 11.1 Å². The number of benzene rings is 2. The Balaban J connectivity index is 2.71. The lowest BCUT2D eigenvalue weighted by Gasteiger charge is -2.25. The van der Waals surface area contributed by atoms with Crippen LogP contribution in [0, 0.1) is 5.82 Å². The average Bonchev–Trinajstić information content (AvgIpc) is 2.45. The summed E-state index contributed by atoms with van der Waals surface area (Å²) in [5.41, 5.74) is 1.96. The van der Waals surface area contributed by atoms with Crippen LogP contribution < -0.4 is 5.19 Å². The van der Waals surface area contributed by atoms with Gasteiger partial charge in [-0.25, -0.2) is 4.39 Å². The maximum absolute atomic E-state index is 15.2. The van der Waals surface area contributed by atoms with Crippen molar-refractivity contribution in [2.75, 3.05) is 0 Å². The van der Waals surface area contributed by atoms with Crippen molar-refractivity contribution in [3.63, 3.8) is 0 Å². The van der Waals surface area contributed by atoms with Gasteiger partial charge in [-0.15, -0.1) is 0 Å². The molecule has 1 atom stereocenters. The van der Waals surface area contributed by atoms with E-state index in [2.05, 4.69) is 0 Å². The fraction of sp³-hybridized carbons (Fsp3) is 0.278. The van der Waals surface area contributed by atoms with Gasteiger partial charge in [0.25, 0.3) is 0 Å². The van der Waals surface area contributed by atoms with Crippen LogP contribution in [0.15, 0.2) is 42.5 Å². The van der Waals surface area contributed by atoms with Crippen LogP contribution >= 0.6 is 0 Å². The van der Waals surface area contributed by atoms with Gasteiger partial charge in [-0.3, -0.25) is 4.79 Å². The van der Waals surface area contributed by atoms with Gasteiger partial charge in [0.05, 0.1) is 14.0 Å². The van der Waals surface area contributed by atoms with Gasteiger partial charge in [0.2, 0.25) is 0 Å². The highest BCUT2D eigenvalue weighted by atomic mass is 28.3. The first-order chi connectivity index (χ1) is 10.2. The molecule has 2 aromatic rings. The molecule has 0 spiro atoms. The minimum atomic E-state index is -2.03. The van der Waals surface area contributed by atoms with Crippen molar-refractivity contribution in [2.45, 2.75) is 32.5 Å². The Hall–Kier alpha value is -1.94. The van der Waals surface area contributed by atoms with Crippen molar-refractivity contribution in [2.24, 2.45) is 0 Å². The van der Waals surface area contributed by atoms with E-state index in [0.29, 0.717) is 16.3 Å². The Bertz CT molecular complexity index is 690. The second-order valence-corrected chi connectivity index (χ2v) is 11.6. The number of carboxylic acids is 1. The molecular weight excluding hydrogens is 295 g/mol. The summed E-state index contributed by atoms with van der Waals surface area (Å²) in [4.78, 5) is 11.3. The summed E-state index contributed by atoms with van der Waals surface area (Å²) in [7, 11) is -2.03. The molecule has 22 heavy (non-hydrogen) atoms. The number of carboxylic acid groups (broad SMARTS) is 1. The fourth-order valence-corrected chi connectivity index (χ4v) is 4.65. The van der Waals surface area contributed by atoms with Crippen molar-refractivity contribution < 1.29 is 14.3 Å². The largest absolute Gasteiger partial charge is 0.481 e. The molecule has 0 bridgehead atoms. The number of rotatable bonds is 4. The molecule has 0 fully saturated rings. The molecule has 0 aliphatic carbocycles. The van der Waals surface area contributed by atoms with Gasteiger partial charge in [0, 0.05) is 5.56 Å². The van der Waals surface area contributed by atoms with E-state index < -0.39 is 20.0 Å². The number of aliphatic carboxylic acids is 1. The molecule has 0 aliphatic heterocycles. The summed E-state index contributed by atoms with van der Waals surface area (Å²) in [6.07, 6.45) is 0. The van der Waals surface area contributed by atoms with Crippen LogP contribution in [0.4, 0.5) is 4.39 Å². The first kappa shape index (κ1) is 16.4. The molecule has 0 aromatic heterocycles. The van der Waals surface area contributed by atoms with E-state index in [1.807, 2.05) is 50.0 Å². The lowest BCUT2D eigenvalue weighted by Crippen LogP contribution is -2.44. The van der Waals surface area contributed by atoms with Crippen LogP contribution in [-0.2, 0) is 4.79 Å². The minimum absolute atomic E-state index is 0.268. The third-order valence-electron chi connectivity index (χ3n) is 3.85. The van der Waals surface area contributed by atoms with Crippen molar-refractivity contribution >= 4 is 19.2 Å². The zero-order valence-corrected chi connectivity index (χ0v) is 14.4. The Morgan fingerprint density at radius 2 is 1.68 bits per heavy atom. The van der Waals surface area contributed by atoms with Gasteiger partial charge in [-0.2, -0.15) is 0 Å². The molecule has 4 heteroatoms. The van der Waals surface area contributed by atoms with Gasteiger partial charge < -0.3 is 5.11 Å². The molecule has 1 N–H and O–H groups in total. The van der Waals surface area contributed by atoms with Gasteiger partial charge in [0.1, 0.15) is 5.82 Å². The second kappa shape index (κ2) is 6.05. The van der Waals surface area contributed by atoms with Gasteiger partial charge in [-0.1, -0.05) is 62.1 Å². The zero-order chi connectivity index (χ0) is 16.5. The van der Waals surface area contributed by atoms with E-state index in [9.17, 15) is 9.90 Å². The SMILES string of the molecule is CC(C(=O)O)c1ccc(-c2ccccc2)c(F)c1[Si](C)(C)C. The van der Waals surface area contributed by atoms with Crippen molar-refractivity contribution in [3.05, 3.63) is 53.8 Å². The number of carbonyl (C=O) groups is 1. The first-order valence-electron chi connectivity index (χ1n) is 7.34. The van der Waals surface area contributed by atoms with E-state index in [4.69, 9.17) is 0 Å². The lowest BCUT2D eigenvalue weighted by molar-refractivity contribution is -0.138. The van der Waals surface area contributed by atoms with Crippen LogP contribution in [0.25, 0.3) is 11.1 Å². The van der Waals surface area contributed by atoms with Crippen LogP contribution in [0.2, 0.25) is 19.6 Å². The highest BCUT2D eigenvalue weighted by Gasteiger charge is 2.30. The normalized spacial score (nSPS) is 13.0. The van der Waals surface area contributed by atoms with Crippen LogP contribution in [0.5, 0.6) is 0 Å².